The molecule has 0 aromatic heterocycles. The second kappa shape index (κ2) is 5.67. The largest absolute Gasteiger partial charge is 0.380 e. The fraction of sp³-hybridized carbons (Fsp3) is 0.0769. The first-order valence-electron chi connectivity index (χ1n) is 5.19. The van der Waals surface area contributed by atoms with E-state index >= 15 is 0 Å². The normalized spacial score (nSPS) is 10.4. The Kier molecular flexibility index (Phi) is 4.19. The van der Waals surface area contributed by atoms with Crippen molar-refractivity contribution in [2.75, 3.05) is 5.32 Å². The van der Waals surface area contributed by atoms with Crippen LogP contribution >= 0.6 is 27.5 Å². The van der Waals surface area contributed by atoms with E-state index < -0.39 is 0 Å². The Balaban J connectivity index is 2.16. The summed E-state index contributed by atoms with van der Waals surface area (Å²) < 4.78 is 26.9. The van der Waals surface area contributed by atoms with Crippen LogP contribution in [0.1, 0.15) is 5.56 Å². The highest BCUT2D eigenvalue weighted by molar-refractivity contribution is 9.10. The number of benzene rings is 2. The van der Waals surface area contributed by atoms with E-state index in [4.69, 9.17) is 11.6 Å². The van der Waals surface area contributed by atoms with Gasteiger partial charge >= 0.3 is 0 Å². The molecule has 0 aliphatic carbocycles. The van der Waals surface area contributed by atoms with E-state index in [1.54, 1.807) is 6.07 Å². The summed E-state index contributed by atoms with van der Waals surface area (Å²) in [7, 11) is 0. The number of hydrogen-bond acceptors (Lipinski definition) is 1. The van der Waals surface area contributed by atoms with E-state index in [0.717, 1.165) is 4.47 Å². The molecular weight excluding hydrogens is 324 g/mol. The lowest BCUT2D eigenvalue weighted by Crippen LogP contribution is -2.01. The number of halogens is 4. The van der Waals surface area contributed by atoms with Gasteiger partial charge in [-0.05, 0) is 57.9 Å². The van der Waals surface area contributed by atoms with Gasteiger partial charge in [-0.3, -0.25) is 0 Å². The van der Waals surface area contributed by atoms with Crippen molar-refractivity contribution in [2.24, 2.45) is 0 Å². The molecule has 0 spiro atoms. The summed E-state index contributed by atoms with van der Waals surface area (Å²) in [5.74, 6) is -0.694. The molecule has 94 valence electrons. The molecule has 0 saturated carbocycles. The number of hydrogen-bond donors (Lipinski definition) is 1. The molecule has 2 rings (SSSR count). The van der Waals surface area contributed by atoms with Gasteiger partial charge in [0.15, 0.2) is 0 Å². The summed E-state index contributed by atoms with van der Waals surface area (Å²) in [4.78, 5) is 0. The van der Waals surface area contributed by atoms with Crippen molar-refractivity contribution in [1.29, 1.82) is 0 Å². The highest BCUT2D eigenvalue weighted by Gasteiger charge is 2.05. The van der Waals surface area contributed by atoms with E-state index in [1.807, 2.05) is 0 Å². The van der Waals surface area contributed by atoms with Gasteiger partial charge in [0.05, 0.1) is 5.69 Å². The van der Waals surface area contributed by atoms with Gasteiger partial charge in [-0.15, -0.1) is 0 Å². The molecule has 18 heavy (non-hydrogen) atoms. The predicted octanol–water partition coefficient (Wildman–Crippen LogP) is 4.99. The number of anilines is 1. The lowest BCUT2D eigenvalue weighted by atomic mass is 10.2. The van der Waals surface area contributed by atoms with Crippen LogP contribution in [0.2, 0.25) is 5.02 Å². The van der Waals surface area contributed by atoms with E-state index in [-0.39, 0.29) is 11.6 Å². The van der Waals surface area contributed by atoms with E-state index in [2.05, 4.69) is 21.2 Å². The lowest BCUT2D eigenvalue weighted by molar-refractivity contribution is 0.625. The van der Waals surface area contributed by atoms with Crippen LogP contribution in [-0.4, -0.2) is 0 Å². The SMILES string of the molecule is Fc1ccc(Cl)c(CNc2cc(F)ccc2Br)c1. The van der Waals surface area contributed by atoms with Gasteiger partial charge in [-0.2, -0.15) is 0 Å². The van der Waals surface area contributed by atoms with E-state index in [1.165, 1.54) is 30.3 Å². The molecular formula is C13H9BrClF2N. The molecule has 2 aromatic rings. The Morgan fingerprint density at radius 3 is 2.50 bits per heavy atom. The topological polar surface area (TPSA) is 12.0 Å². The minimum Gasteiger partial charge on any atom is -0.380 e. The first-order valence-corrected chi connectivity index (χ1v) is 6.36. The van der Waals surface area contributed by atoms with Gasteiger partial charge in [0, 0.05) is 16.0 Å². The van der Waals surface area contributed by atoms with Crippen LogP contribution in [0.3, 0.4) is 0 Å². The van der Waals surface area contributed by atoms with Crippen LogP contribution in [-0.2, 0) is 6.54 Å². The molecule has 0 bridgehead atoms. The van der Waals surface area contributed by atoms with Crippen molar-refractivity contribution in [2.45, 2.75) is 6.54 Å². The molecule has 0 aliphatic heterocycles. The third kappa shape index (κ3) is 3.21. The first kappa shape index (κ1) is 13.3. The summed E-state index contributed by atoms with van der Waals surface area (Å²) in [5, 5.41) is 3.47. The molecule has 1 N–H and O–H groups in total. The van der Waals surface area contributed by atoms with E-state index in [0.29, 0.717) is 22.8 Å². The molecule has 5 heteroatoms. The zero-order chi connectivity index (χ0) is 13.1. The third-order valence-electron chi connectivity index (χ3n) is 2.41. The van der Waals surface area contributed by atoms with Crippen molar-refractivity contribution in [3.05, 3.63) is 63.1 Å². The van der Waals surface area contributed by atoms with Gasteiger partial charge in [-0.1, -0.05) is 11.6 Å². The van der Waals surface area contributed by atoms with Crippen LogP contribution < -0.4 is 5.32 Å². The van der Waals surface area contributed by atoms with Crippen molar-refractivity contribution in [3.8, 4) is 0 Å². The van der Waals surface area contributed by atoms with Crippen LogP contribution in [0.5, 0.6) is 0 Å². The summed E-state index contributed by atoms with van der Waals surface area (Å²) >= 11 is 9.24. The van der Waals surface area contributed by atoms with Gasteiger partial charge in [-0.25, -0.2) is 8.78 Å². The molecule has 0 aliphatic rings. The van der Waals surface area contributed by atoms with E-state index in [9.17, 15) is 8.78 Å². The average Bonchev–Trinajstić information content (AvgIpc) is 2.34. The highest BCUT2D eigenvalue weighted by atomic mass is 79.9. The summed E-state index contributed by atoms with van der Waals surface area (Å²) in [6, 6.07) is 8.45. The molecule has 0 unspecified atom stereocenters. The first-order chi connectivity index (χ1) is 8.56. The molecule has 0 atom stereocenters. The Morgan fingerprint density at radius 2 is 1.72 bits per heavy atom. The zero-order valence-corrected chi connectivity index (χ0v) is 11.5. The fourth-order valence-electron chi connectivity index (χ4n) is 1.50. The summed E-state index contributed by atoms with van der Waals surface area (Å²) in [5.41, 5.74) is 1.21. The van der Waals surface area contributed by atoms with Crippen LogP contribution in [0.25, 0.3) is 0 Å². The molecule has 1 nitrogen and oxygen atoms in total. The quantitative estimate of drug-likeness (QED) is 0.834. The third-order valence-corrected chi connectivity index (χ3v) is 3.47. The monoisotopic (exact) mass is 331 g/mol. The van der Waals surface area contributed by atoms with Crippen molar-refractivity contribution in [3.63, 3.8) is 0 Å². The van der Waals surface area contributed by atoms with Gasteiger partial charge in [0.1, 0.15) is 11.6 Å². The molecule has 0 amide bonds. The van der Waals surface area contributed by atoms with Gasteiger partial charge < -0.3 is 5.32 Å². The zero-order valence-electron chi connectivity index (χ0n) is 9.18. The Bertz CT molecular complexity index is 523. The molecule has 2 aromatic carbocycles. The average molecular weight is 333 g/mol. The summed E-state index contributed by atoms with van der Waals surface area (Å²) in [6.45, 7) is 0.318. The summed E-state index contributed by atoms with van der Waals surface area (Å²) in [6.07, 6.45) is 0. The van der Waals surface area contributed by atoms with Crippen LogP contribution in [0.15, 0.2) is 40.9 Å². The highest BCUT2D eigenvalue weighted by Crippen LogP contribution is 2.25. The smallest absolute Gasteiger partial charge is 0.125 e. The maximum atomic E-state index is 13.1. The fourth-order valence-corrected chi connectivity index (χ4v) is 2.07. The Morgan fingerprint density at radius 1 is 1.06 bits per heavy atom. The van der Waals surface area contributed by atoms with Crippen molar-refractivity contribution in [1.82, 2.24) is 0 Å². The second-order valence-electron chi connectivity index (χ2n) is 3.71. The maximum Gasteiger partial charge on any atom is 0.125 e. The number of rotatable bonds is 3. The van der Waals surface area contributed by atoms with Crippen molar-refractivity contribution >= 4 is 33.2 Å². The minimum absolute atomic E-state index is 0.318. The number of nitrogens with one attached hydrogen (secondary N) is 1. The lowest BCUT2D eigenvalue weighted by Gasteiger charge is -2.10. The Hall–Kier alpha value is -1.13. The van der Waals surface area contributed by atoms with Crippen LogP contribution in [0, 0.1) is 11.6 Å². The van der Waals surface area contributed by atoms with Gasteiger partial charge in [0.25, 0.3) is 0 Å². The Labute approximate surface area is 117 Å². The molecule has 0 saturated heterocycles. The minimum atomic E-state index is -0.352. The second-order valence-corrected chi connectivity index (χ2v) is 4.97. The van der Waals surface area contributed by atoms with Crippen molar-refractivity contribution < 1.29 is 8.78 Å². The van der Waals surface area contributed by atoms with Gasteiger partial charge in [0.2, 0.25) is 0 Å². The van der Waals surface area contributed by atoms with Crippen LogP contribution in [0.4, 0.5) is 14.5 Å². The standard InChI is InChI=1S/C13H9BrClF2N/c14-11-3-1-10(17)6-13(11)18-7-8-5-9(16)2-4-12(8)15/h1-6,18H,7H2. The maximum absolute atomic E-state index is 13.1. The molecule has 0 fully saturated rings. The molecule has 0 radical (unpaired) electrons. The molecule has 0 heterocycles. The predicted molar refractivity (Wildman–Crippen MR) is 72.8 cm³/mol.